The molecule has 0 aliphatic carbocycles. The van der Waals surface area contributed by atoms with Gasteiger partial charge in [-0.1, -0.05) is 0 Å². The molecule has 0 unspecified atom stereocenters. The quantitative estimate of drug-likeness (QED) is 0.432. The minimum Gasteiger partial charge on any atom is -0.382 e. The summed E-state index contributed by atoms with van der Waals surface area (Å²) >= 11 is 0. The normalized spacial score (nSPS) is 43.5. The molecule has 3 N–H and O–H groups in total. The van der Waals surface area contributed by atoms with Crippen LogP contribution in [0, 0.1) is 0 Å². The van der Waals surface area contributed by atoms with E-state index in [2.05, 4.69) is 0 Å². The molecular formula is C8H18NO3+. The summed E-state index contributed by atoms with van der Waals surface area (Å²) in [5.41, 5.74) is 0. The number of nitrogens with one attached hydrogen (secondary N) is 1. The Bertz CT molecular complexity index is 151. The van der Waals surface area contributed by atoms with E-state index in [1.54, 1.807) is 0 Å². The molecule has 4 heteroatoms. The van der Waals surface area contributed by atoms with Crippen LogP contribution in [0.3, 0.4) is 0 Å². The third-order valence-electron chi connectivity index (χ3n) is 2.40. The Morgan fingerprint density at radius 2 is 1.92 bits per heavy atom. The second kappa shape index (κ2) is 3.70. The number of hydrogen-bond donors (Lipinski definition) is 3. The van der Waals surface area contributed by atoms with Crippen LogP contribution in [0.5, 0.6) is 0 Å². The van der Waals surface area contributed by atoms with Crippen LogP contribution in [-0.4, -0.2) is 48.8 Å². The molecule has 0 amide bonds. The van der Waals surface area contributed by atoms with E-state index in [1.165, 1.54) is 0 Å². The molecule has 1 rings (SSSR count). The van der Waals surface area contributed by atoms with Crippen LogP contribution in [0.4, 0.5) is 0 Å². The summed E-state index contributed by atoms with van der Waals surface area (Å²) < 4.78 is 5.07. The third kappa shape index (κ3) is 1.95. The monoisotopic (exact) mass is 176 g/mol. The highest BCUT2D eigenvalue weighted by atomic mass is 16.6. The van der Waals surface area contributed by atoms with Crippen molar-refractivity contribution in [2.24, 2.45) is 0 Å². The van der Waals surface area contributed by atoms with Crippen molar-refractivity contribution in [2.45, 2.75) is 37.9 Å². The number of aliphatic hydroxyl groups excluding tert-OH is 2. The van der Waals surface area contributed by atoms with Gasteiger partial charge in [0.05, 0.1) is 20.2 Å². The maximum atomic E-state index is 9.53. The maximum Gasteiger partial charge on any atom is 0.187 e. The molecule has 0 aromatic rings. The smallest absolute Gasteiger partial charge is 0.187 e. The molecule has 4 atom stereocenters. The zero-order valence-electron chi connectivity index (χ0n) is 7.82. The van der Waals surface area contributed by atoms with Crippen LogP contribution < -0.4 is 4.90 Å². The summed E-state index contributed by atoms with van der Waals surface area (Å²) in [5, 5.41) is 18.8. The van der Waals surface area contributed by atoms with Gasteiger partial charge in [-0.3, -0.25) is 0 Å². The first-order valence-corrected chi connectivity index (χ1v) is 4.34. The van der Waals surface area contributed by atoms with Crippen LogP contribution in [0.15, 0.2) is 0 Å². The lowest BCUT2D eigenvalue weighted by Gasteiger charge is -2.36. The molecule has 1 heterocycles. The first-order valence-electron chi connectivity index (χ1n) is 4.34. The van der Waals surface area contributed by atoms with Crippen LogP contribution in [0.25, 0.3) is 0 Å². The van der Waals surface area contributed by atoms with E-state index in [4.69, 9.17) is 4.74 Å². The van der Waals surface area contributed by atoms with Gasteiger partial charge in [0.2, 0.25) is 0 Å². The predicted octanol–water partition coefficient (Wildman–Crippen LogP) is -2.01. The van der Waals surface area contributed by atoms with E-state index in [0.717, 1.165) is 11.3 Å². The van der Waals surface area contributed by atoms with Crippen LogP contribution in [0.1, 0.15) is 13.3 Å². The van der Waals surface area contributed by atoms with Gasteiger partial charge in [-0.25, -0.2) is 0 Å². The lowest BCUT2D eigenvalue weighted by molar-refractivity contribution is -0.893. The van der Waals surface area contributed by atoms with Gasteiger partial charge in [0.15, 0.2) is 12.4 Å². The molecule has 0 radical (unpaired) electrons. The molecule has 1 aliphatic heterocycles. The van der Waals surface area contributed by atoms with Gasteiger partial charge >= 0.3 is 0 Å². The van der Waals surface area contributed by atoms with Crippen molar-refractivity contribution in [2.75, 3.05) is 14.1 Å². The highest BCUT2D eigenvalue weighted by Crippen LogP contribution is 2.16. The van der Waals surface area contributed by atoms with Crippen molar-refractivity contribution < 1.29 is 19.8 Å². The first kappa shape index (κ1) is 9.92. The van der Waals surface area contributed by atoms with Crippen molar-refractivity contribution in [1.29, 1.82) is 0 Å². The fraction of sp³-hybridized carbons (Fsp3) is 1.00. The van der Waals surface area contributed by atoms with Crippen LogP contribution in [-0.2, 0) is 4.74 Å². The van der Waals surface area contributed by atoms with E-state index < -0.39 is 12.4 Å². The zero-order chi connectivity index (χ0) is 9.30. The molecule has 0 saturated carbocycles. The molecule has 4 nitrogen and oxygen atoms in total. The van der Waals surface area contributed by atoms with Gasteiger partial charge in [0, 0.05) is 6.42 Å². The lowest BCUT2D eigenvalue weighted by Crippen LogP contribution is -3.12. The number of ether oxygens (including phenoxy) is 1. The van der Waals surface area contributed by atoms with E-state index in [1.807, 2.05) is 21.0 Å². The van der Waals surface area contributed by atoms with Gasteiger partial charge in [-0.2, -0.15) is 0 Å². The van der Waals surface area contributed by atoms with Gasteiger partial charge in [-0.15, -0.1) is 0 Å². The summed E-state index contributed by atoms with van der Waals surface area (Å²) in [6.07, 6.45) is -0.955. The largest absolute Gasteiger partial charge is 0.382 e. The lowest BCUT2D eigenvalue weighted by atomic mass is 9.99. The Balaban J connectivity index is 2.60. The summed E-state index contributed by atoms with van der Waals surface area (Å²) in [5.74, 6) is 0. The summed E-state index contributed by atoms with van der Waals surface area (Å²) in [4.78, 5) is 1.15. The molecule has 0 bridgehead atoms. The Labute approximate surface area is 72.7 Å². The van der Waals surface area contributed by atoms with Crippen LogP contribution in [0.2, 0.25) is 0 Å². The van der Waals surface area contributed by atoms with E-state index in [-0.39, 0.29) is 12.1 Å². The SMILES string of the molecule is C[C@@H]1C[C@H]([NH+](C)C)[C@@H](O)[C@@H](O)O1. The fourth-order valence-electron chi connectivity index (χ4n) is 1.65. The summed E-state index contributed by atoms with van der Waals surface area (Å²) in [6.45, 7) is 1.91. The van der Waals surface area contributed by atoms with Crippen molar-refractivity contribution in [3.63, 3.8) is 0 Å². The molecular weight excluding hydrogens is 158 g/mol. The molecule has 0 aromatic heterocycles. The Morgan fingerprint density at radius 1 is 1.33 bits per heavy atom. The van der Waals surface area contributed by atoms with E-state index in [9.17, 15) is 10.2 Å². The van der Waals surface area contributed by atoms with Gasteiger partial charge in [-0.05, 0) is 6.92 Å². The van der Waals surface area contributed by atoms with Gasteiger partial charge in [0.25, 0.3) is 0 Å². The Hall–Kier alpha value is -0.160. The average Bonchev–Trinajstić information content (AvgIpc) is 1.96. The number of quaternary nitrogens is 1. The minimum atomic E-state index is -1.02. The minimum absolute atomic E-state index is 0.0308. The Kier molecular flexibility index (Phi) is 3.06. The number of rotatable bonds is 1. The number of aliphatic hydroxyl groups is 2. The van der Waals surface area contributed by atoms with Crippen molar-refractivity contribution in [3.05, 3.63) is 0 Å². The highest BCUT2D eigenvalue weighted by Gasteiger charge is 2.38. The van der Waals surface area contributed by atoms with Crippen LogP contribution >= 0.6 is 0 Å². The van der Waals surface area contributed by atoms with Crippen molar-refractivity contribution >= 4 is 0 Å². The van der Waals surface area contributed by atoms with Crippen molar-refractivity contribution in [3.8, 4) is 0 Å². The number of likely N-dealkylation sites (N-methyl/N-ethyl adjacent to an activating group) is 1. The van der Waals surface area contributed by atoms with E-state index >= 15 is 0 Å². The molecule has 0 spiro atoms. The topological polar surface area (TPSA) is 54.1 Å². The zero-order valence-corrected chi connectivity index (χ0v) is 7.82. The molecule has 1 fully saturated rings. The molecule has 12 heavy (non-hydrogen) atoms. The standard InChI is InChI=1S/C8H17NO3/c1-5-4-6(9(2)3)7(10)8(11)12-5/h5-8,10-11H,4H2,1-3H3/p+1/t5-,6+,7-,8+/m1/s1. The highest BCUT2D eigenvalue weighted by molar-refractivity contribution is 4.78. The number of hydrogen-bond acceptors (Lipinski definition) is 3. The van der Waals surface area contributed by atoms with E-state index in [0.29, 0.717) is 0 Å². The predicted molar refractivity (Wildman–Crippen MR) is 43.8 cm³/mol. The van der Waals surface area contributed by atoms with Gasteiger partial charge < -0.3 is 19.8 Å². The second-order valence-electron chi connectivity index (χ2n) is 3.75. The third-order valence-corrected chi connectivity index (χ3v) is 2.40. The van der Waals surface area contributed by atoms with Gasteiger partial charge in [0.1, 0.15) is 6.04 Å². The maximum absolute atomic E-state index is 9.53. The molecule has 1 aliphatic rings. The Morgan fingerprint density at radius 3 is 2.42 bits per heavy atom. The summed E-state index contributed by atoms with van der Waals surface area (Å²) in [6, 6.07) is 0.0729. The average molecular weight is 176 g/mol. The summed E-state index contributed by atoms with van der Waals surface area (Å²) in [7, 11) is 3.94. The fourth-order valence-corrected chi connectivity index (χ4v) is 1.65. The second-order valence-corrected chi connectivity index (χ2v) is 3.75. The first-order chi connectivity index (χ1) is 5.52. The molecule has 1 saturated heterocycles. The van der Waals surface area contributed by atoms with Crippen molar-refractivity contribution in [1.82, 2.24) is 0 Å². The molecule has 72 valence electrons. The molecule has 0 aromatic carbocycles.